The first-order chi connectivity index (χ1) is 18.3. The lowest BCUT2D eigenvalue weighted by Crippen LogP contribution is -2.29. The van der Waals surface area contributed by atoms with Crippen molar-refractivity contribution in [2.24, 2.45) is 0 Å². The number of esters is 1. The van der Waals surface area contributed by atoms with Crippen molar-refractivity contribution in [2.45, 2.75) is 42.3 Å². The number of carbonyl (C=O) groups is 1. The standard InChI is InChI=1S/C25H24N6O6S/c1-15-10-20(32)23(24(34)30(15)9-6-16-13-26-14-29-16)19(12-22(33)37-2)18-11-17(31(35)36)4-5-21(18)38-25-27-7-3-8-28-25/h3-5,7-8,10-11,13-14,19,32H,6,9,12H2,1-2H3,(H,26,29)/t19-/m0/s1. The zero-order valence-corrected chi connectivity index (χ0v) is 21.3. The highest BCUT2D eigenvalue weighted by molar-refractivity contribution is 7.99. The van der Waals surface area contributed by atoms with Crippen molar-refractivity contribution in [1.82, 2.24) is 24.5 Å². The molecule has 3 heterocycles. The van der Waals surface area contributed by atoms with Crippen LogP contribution in [0.15, 0.2) is 70.1 Å². The van der Waals surface area contributed by atoms with Gasteiger partial charge in [-0.2, -0.15) is 0 Å². The number of aromatic nitrogens is 5. The largest absolute Gasteiger partial charge is 0.507 e. The number of pyridine rings is 1. The van der Waals surface area contributed by atoms with Crippen LogP contribution in [0.3, 0.4) is 0 Å². The molecule has 0 saturated carbocycles. The van der Waals surface area contributed by atoms with E-state index in [0.717, 1.165) is 17.5 Å². The topological polar surface area (TPSA) is 166 Å². The molecule has 0 bridgehead atoms. The summed E-state index contributed by atoms with van der Waals surface area (Å²) in [5.74, 6) is -2.03. The Morgan fingerprint density at radius 3 is 2.71 bits per heavy atom. The van der Waals surface area contributed by atoms with Crippen molar-refractivity contribution in [1.29, 1.82) is 0 Å². The Balaban J connectivity index is 1.88. The van der Waals surface area contributed by atoms with Gasteiger partial charge in [-0.25, -0.2) is 15.0 Å². The van der Waals surface area contributed by atoms with Crippen LogP contribution in [-0.4, -0.2) is 47.6 Å². The summed E-state index contributed by atoms with van der Waals surface area (Å²) in [4.78, 5) is 53.3. The minimum atomic E-state index is -1.06. The van der Waals surface area contributed by atoms with Crippen LogP contribution in [-0.2, 0) is 22.5 Å². The normalized spacial score (nSPS) is 11.7. The average Bonchev–Trinajstić information content (AvgIpc) is 3.42. The first kappa shape index (κ1) is 26.5. The molecule has 0 saturated heterocycles. The third-order valence-corrected chi connectivity index (χ3v) is 6.94. The first-order valence-corrected chi connectivity index (χ1v) is 12.3. The number of H-pyrrole nitrogens is 1. The van der Waals surface area contributed by atoms with Crippen molar-refractivity contribution < 1.29 is 19.6 Å². The molecular weight excluding hydrogens is 512 g/mol. The highest BCUT2D eigenvalue weighted by Gasteiger charge is 2.30. The van der Waals surface area contributed by atoms with Gasteiger partial charge in [-0.05, 0) is 42.4 Å². The number of rotatable bonds is 10. The van der Waals surface area contributed by atoms with Gasteiger partial charge in [0, 0.05) is 65.9 Å². The second kappa shape index (κ2) is 11.7. The fraction of sp³-hybridized carbons (Fsp3) is 0.240. The maximum absolute atomic E-state index is 13.8. The number of benzene rings is 1. The number of imidazole rings is 1. The summed E-state index contributed by atoms with van der Waals surface area (Å²) in [5.41, 5.74) is 0.797. The molecule has 0 amide bonds. The Kier molecular flexibility index (Phi) is 8.16. The second-order valence-corrected chi connectivity index (χ2v) is 9.32. The van der Waals surface area contributed by atoms with E-state index in [-0.39, 0.29) is 30.0 Å². The number of hydrogen-bond acceptors (Lipinski definition) is 10. The van der Waals surface area contributed by atoms with Gasteiger partial charge < -0.3 is 19.4 Å². The molecule has 4 aromatic rings. The summed E-state index contributed by atoms with van der Waals surface area (Å²) < 4.78 is 6.37. The molecule has 3 aromatic heterocycles. The average molecular weight is 537 g/mol. The van der Waals surface area contributed by atoms with E-state index in [4.69, 9.17) is 4.74 Å². The van der Waals surface area contributed by atoms with Crippen LogP contribution in [0.5, 0.6) is 5.75 Å². The molecule has 12 nitrogen and oxygen atoms in total. The maximum Gasteiger partial charge on any atom is 0.306 e. The summed E-state index contributed by atoms with van der Waals surface area (Å²) in [5, 5.41) is 23.0. The Hall–Kier alpha value is -4.52. The Morgan fingerprint density at radius 1 is 1.29 bits per heavy atom. The van der Waals surface area contributed by atoms with E-state index in [1.54, 1.807) is 31.6 Å². The third-order valence-electron chi connectivity index (χ3n) is 5.95. The number of non-ortho nitro benzene ring substituents is 1. The Bertz CT molecular complexity index is 1510. The first-order valence-electron chi connectivity index (χ1n) is 11.5. The van der Waals surface area contributed by atoms with Crippen LogP contribution < -0.4 is 5.56 Å². The second-order valence-electron chi connectivity index (χ2n) is 8.31. The molecule has 0 fully saturated rings. The van der Waals surface area contributed by atoms with Crippen LogP contribution >= 0.6 is 11.8 Å². The molecule has 196 valence electrons. The van der Waals surface area contributed by atoms with E-state index in [9.17, 15) is 24.8 Å². The van der Waals surface area contributed by atoms with Gasteiger partial charge in [0.25, 0.3) is 11.2 Å². The van der Waals surface area contributed by atoms with Crippen LogP contribution in [0.4, 0.5) is 5.69 Å². The number of carbonyl (C=O) groups excluding carboxylic acids is 1. The summed E-state index contributed by atoms with van der Waals surface area (Å²) in [6, 6.07) is 7.23. The van der Waals surface area contributed by atoms with Gasteiger partial charge in [0.2, 0.25) is 0 Å². The maximum atomic E-state index is 13.8. The van der Waals surface area contributed by atoms with Gasteiger partial charge in [-0.3, -0.25) is 19.7 Å². The van der Waals surface area contributed by atoms with Gasteiger partial charge in [0.1, 0.15) is 5.75 Å². The number of nitrogens with one attached hydrogen (secondary N) is 1. The predicted octanol–water partition coefficient (Wildman–Crippen LogP) is 3.37. The number of nitro benzene ring substituents is 1. The number of nitro groups is 1. The number of hydrogen-bond donors (Lipinski definition) is 2. The van der Waals surface area contributed by atoms with Crippen LogP contribution in [0.1, 0.15) is 34.9 Å². The number of methoxy groups -OCH3 is 1. The lowest BCUT2D eigenvalue weighted by Gasteiger charge is -2.22. The zero-order valence-electron chi connectivity index (χ0n) is 20.5. The lowest BCUT2D eigenvalue weighted by atomic mass is 9.88. The molecule has 0 radical (unpaired) electrons. The molecule has 0 unspecified atom stereocenters. The highest BCUT2D eigenvalue weighted by atomic mass is 32.2. The van der Waals surface area contributed by atoms with E-state index >= 15 is 0 Å². The lowest BCUT2D eigenvalue weighted by molar-refractivity contribution is -0.385. The summed E-state index contributed by atoms with van der Waals surface area (Å²) in [6.45, 7) is 1.97. The number of ether oxygens (including phenoxy) is 1. The molecule has 13 heteroatoms. The molecule has 0 aliphatic rings. The minimum absolute atomic E-state index is 0.0676. The molecular formula is C25H24N6O6S. The van der Waals surface area contributed by atoms with Crippen molar-refractivity contribution >= 4 is 23.4 Å². The quantitative estimate of drug-likeness (QED) is 0.133. The summed E-state index contributed by atoms with van der Waals surface area (Å²) in [7, 11) is 1.21. The van der Waals surface area contributed by atoms with E-state index in [1.165, 1.54) is 42.3 Å². The fourth-order valence-electron chi connectivity index (χ4n) is 4.10. The Labute approximate surface area is 220 Å². The number of aromatic amines is 1. The van der Waals surface area contributed by atoms with E-state index in [2.05, 4.69) is 19.9 Å². The third kappa shape index (κ3) is 5.89. The predicted molar refractivity (Wildman–Crippen MR) is 137 cm³/mol. The fourth-order valence-corrected chi connectivity index (χ4v) is 4.98. The smallest absolute Gasteiger partial charge is 0.306 e. The highest BCUT2D eigenvalue weighted by Crippen LogP contribution is 2.40. The number of nitrogens with zero attached hydrogens (tertiary/aromatic N) is 5. The molecule has 0 aliphatic carbocycles. The molecule has 2 N–H and O–H groups in total. The SMILES string of the molecule is COC(=O)C[C@@H](c1cc([N+](=O)[O-])ccc1Sc1ncccn1)c1c(O)cc(C)n(CCc2cnc[nH]2)c1=O. The summed E-state index contributed by atoms with van der Waals surface area (Å²) in [6.07, 6.45) is 6.42. The molecule has 4 rings (SSSR count). The minimum Gasteiger partial charge on any atom is -0.507 e. The van der Waals surface area contributed by atoms with Crippen LogP contribution in [0.2, 0.25) is 0 Å². The van der Waals surface area contributed by atoms with E-state index in [1.807, 2.05) is 0 Å². The van der Waals surface area contributed by atoms with E-state index < -0.39 is 22.4 Å². The molecule has 0 aliphatic heterocycles. The van der Waals surface area contributed by atoms with E-state index in [0.29, 0.717) is 27.7 Å². The van der Waals surface area contributed by atoms with Gasteiger partial charge >= 0.3 is 5.97 Å². The molecule has 0 spiro atoms. The molecule has 1 atom stereocenters. The molecule has 1 aromatic carbocycles. The Morgan fingerprint density at radius 2 is 2.05 bits per heavy atom. The molecule has 38 heavy (non-hydrogen) atoms. The van der Waals surface area contributed by atoms with Gasteiger partial charge in [-0.15, -0.1) is 0 Å². The zero-order chi connectivity index (χ0) is 27.2. The van der Waals surface area contributed by atoms with Gasteiger partial charge in [0.05, 0.1) is 30.3 Å². The van der Waals surface area contributed by atoms with Gasteiger partial charge in [0.15, 0.2) is 5.16 Å². The van der Waals surface area contributed by atoms with Crippen molar-refractivity contribution in [3.63, 3.8) is 0 Å². The van der Waals surface area contributed by atoms with Crippen molar-refractivity contribution in [3.05, 3.63) is 98.2 Å². The number of aryl methyl sites for hydroxylation is 2. The monoisotopic (exact) mass is 536 g/mol. The number of aromatic hydroxyl groups is 1. The van der Waals surface area contributed by atoms with Gasteiger partial charge in [-0.1, -0.05) is 0 Å². The van der Waals surface area contributed by atoms with Crippen molar-refractivity contribution in [2.75, 3.05) is 7.11 Å². The van der Waals surface area contributed by atoms with Crippen LogP contribution in [0, 0.1) is 17.0 Å². The van der Waals surface area contributed by atoms with Crippen LogP contribution in [0.25, 0.3) is 0 Å². The summed E-state index contributed by atoms with van der Waals surface area (Å²) >= 11 is 1.12. The van der Waals surface area contributed by atoms with Crippen molar-refractivity contribution in [3.8, 4) is 5.75 Å².